The maximum Gasteiger partial charge on any atom is 0.251 e. The van der Waals surface area contributed by atoms with Crippen molar-refractivity contribution in [3.63, 3.8) is 0 Å². The SMILES string of the molecule is CCOC(CNC(=O)c1ccc2c(c1)ncn2-c1cc(C)cc(C)c1)OCC. The zero-order valence-corrected chi connectivity index (χ0v) is 16.9. The van der Waals surface area contributed by atoms with E-state index in [2.05, 4.69) is 42.3 Å². The molecular weight excluding hydrogens is 354 g/mol. The number of hydrogen-bond donors (Lipinski definition) is 1. The van der Waals surface area contributed by atoms with Gasteiger partial charge in [-0.15, -0.1) is 0 Å². The first-order chi connectivity index (χ1) is 13.5. The number of carbonyl (C=O) groups is 1. The molecule has 3 aromatic rings. The second kappa shape index (κ2) is 8.99. The van der Waals surface area contributed by atoms with Crippen molar-refractivity contribution in [1.82, 2.24) is 14.9 Å². The van der Waals surface area contributed by atoms with Crippen LogP contribution in [-0.2, 0) is 9.47 Å². The lowest BCUT2D eigenvalue weighted by Crippen LogP contribution is -2.35. The van der Waals surface area contributed by atoms with E-state index in [1.165, 1.54) is 11.1 Å². The van der Waals surface area contributed by atoms with Crippen LogP contribution in [0.15, 0.2) is 42.7 Å². The quantitative estimate of drug-likeness (QED) is 0.603. The van der Waals surface area contributed by atoms with Crippen LogP contribution in [0.3, 0.4) is 0 Å². The van der Waals surface area contributed by atoms with Gasteiger partial charge >= 0.3 is 0 Å². The van der Waals surface area contributed by atoms with Crippen LogP contribution in [0.2, 0.25) is 0 Å². The van der Waals surface area contributed by atoms with Gasteiger partial charge in [0.2, 0.25) is 0 Å². The Balaban J connectivity index is 1.79. The molecule has 3 rings (SSSR count). The van der Waals surface area contributed by atoms with Gasteiger partial charge in [-0.3, -0.25) is 9.36 Å². The van der Waals surface area contributed by atoms with Crippen molar-refractivity contribution < 1.29 is 14.3 Å². The van der Waals surface area contributed by atoms with Gasteiger partial charge < -0.3 is 14.8 Å². The number of ether oxygens (including phenoxy) is 2. The van der Waals surface area contributed by atoms with Gasteiger partial charge in [0.05, 0.1) is 17.6 Å². The number of fused-ring (bicyclic) bond motifs is 1. The highest BCUT2D eigenvalue weighted by Gasteiger charge is 2.13. The van der Waals surface area contributed by atoms with Crippen LogP contribution in [0.25, 0.3) is 16.7 Å². The Bertz CT molecular complexity index is 939. The predicted molar refractivity (Wildman–Crippen MR) is 110 cm³/mol. The maximum absolute atomic E-state index is 12.5. The number of aryl methyl sites for hydroxylation is 2. The van der Waals surface area contributed by atoms with Crippen LogP contribution in [0.5, 0.6) is 0 Å². The Morgan fingerprint density at radius 3 is 2.39 bits per heavy atom. The van der Waals surface area contributed by atoms with Gasteiger partial charge in [0.1, 0.15) is 6.33 Å². The third-order valence-electron chi connectivity index (χ3n) is 4.43. The van der Waals surface area contributed by atoms with Crippen LogP contribution >= 0.6 is 0 Å². The first-order valence-electron chi connectivity index (χ1n) is 9.59. The minimum Gasteiger partial charge on any atom is -0.351 e. The average molecular weight is 381 g/mol. The summed E-state index contributed by atoms with van der Waals surface area (Å²) in [6.07, 6.45) is 1.35. The van der Waals surface area contributed by atoms with E-state index in [9.17, 15) is 4.79 Å². The number of aromatic nitrogens is 2. The van der Waals surface area contributed by atoms with Crippen LogP contribution < -0.4 is 5.32 Å². The molecule has 0 spiro atoms. The monoisotopic (exact) mass is 381 g/mol. The van der Waals surface area contributed by atoms with Gasteiger partial charge in [-0.05, 0) is 69.2 Å². The van der Waals surface area contributed by atoms with Crippen LogP contribution in [-0.4, -0.2) is 41.5 Å². The molecule has 6 heteroatoms. The van der Waals surface area contributed by atoms with E-state index in [-0.39, 0.29) is 5.91 Å². The number of hydrogen-bond acceptors (Lipinski definition) is 4. The van der Waals surface area contributed by atoms with Gasteiger partial charge in [0.25, 0.3) is 5.91 Å². The first-order valence-corrected chi connectivity index (χ1v) is 9.59. The summed E-state index contributed by atoms with van der Waals surface area (Å²) in [6.45, 7) is 9.31. The topological polar surface area (TPSA) is 65.4 Å². The molecule has 0 aliphatic heterocycles. The molecule has 0 unspecified atom stereocenters. The molecule has 0 aliphatic rings. The molecule has 0 radical (unpaired) electrons. The molecule has 28 heavy (non-hydrogen) atoms. The summed E-state index contributed by atoms with van der Waals surface area (Å²) in [5.41, 5.74) is 5.76. The van der Waals surface area contributed by atoms with E-state index in [0.717, 1.165) is 16.7 Å². The molecule has 0 fully saturated rings. The summed E-state index contributed by atoms with van der Waals surface area (Å²) in [7, 11) is 0. The minimum atomic E-state index is -0.438. The van der Waals surface area contributed by atoms with E-state index < -0.39 is 6.29 Å². The van der Waals surface area contributed by atoms with Crippen molar-refractivity contribution in [2.45, 2.75) is 34.0 Å². The molecule has 148 valence electrons. The van der Waals surface area contributed by atoms with Crippen molar-refractivity contribution in [1.29, 1.82) is 0 Å². The highest BCUT2D eigenvalue weighted by molar-refractivity contribution is 5.97. The fraction of sp³-hybridized carbons (Fsp3) is 0.364. The average Bonchev–Trinajstić information content (AvgIpc) is 3.08. The zero-order valence-electron chi connectivity index (χ0n) is 16.9. The summed E-state index contributed by atoms with van der Waals surface area (Å²) < 4.78 is 13.0. The molecule has 1 N–H and O–H groups in total. The van der Waals surface area contributed by atoms with Crippen molar-refractivity contribution in [2.75, 3.05) is 19.8 Å². The molecule has 1 aromatic heterocycles. The molecule has 0 saturated heterocycles. The lowest BCUT2D eigenvalue weighted by Gasteiger charge is -2.17. The predicted octanol–water partition coefficient (Wildman–Crippen LogP) is 3.77. The number of benzene rings is 2. The summed E-state index contributed by atoms with van der Waals surface area (Å²) in [4.78, 5) is 17.0. The molecule has 0 bridgehead atoms. The molecular formula is C22H27N3O3. The highest BCUT2D eigenvalue weighted by atomic mass is 16.7. The van der Waals surface area contributed by atoms with Crippen LogP contribution in [0.4, 0.5) is 0 Å². The number of carbonyl (C=O) groups excluding carboxylic acids is 1. The van der Waals surface area contributed by atoms with E-state index in [1.54, 1.807) is 12.4 Å². The molecule has 0 atom stereocenters. The van der Waals surface area contributed by atoms with Gasteiger partial charge in [-0.2, -0.15) is 0 Å². The standard InChI is InChI=1S/C22H27N3O3/c1-5-27-21(28-6-2)13-23-22(26)17-7-8-20-19(12-17)24-14-25(20)18-10-15(3)9-16(4)11-18/h7-12,14,21H,5-6,13H2,1-4H3,(H,23,26). The molecule has 2 aromatic carbocycles. The highest BCUT2D eigenvalue weighted by Crippen LogP contribution is 2.21. The maximum atomic E-state index is 12.5. The van der Waals surface area contributed by atoms with E-state index in [0.29, 0.717) is 25.3 Å². The summed E-state index contributed by atoms with van der Waals surface area (Å²) in [5, 5.41) is 2.86. The van der Waals surface area contributed by atoms with Crippen molar-refractivity contribution in [2.24, 2.45) is 0 Å². The normalized spacial score (nSPS) is 11.3. The first kappa shape index (κ1) is 20.0. The van der Waals surface area contributed by atoms with Crippen LogP contribution in [0.1, 0.15) is 35.3 Å². The number of amides is 1. The third kappa shape index (κ3) is 4.58. The summed E-state index contributed by atoms with van der Waals surface area (Å²) in [6, 6.07) is 11.9. The zero-order chi connectivity index (χ0) is 20.1. The Labute approximate surface area is 165 Å². The Morgan fingerprint density at radius 2 is 1.75 bits per heavy atom. The van der Waals surface area contributed by atoms with E-state index in [1.807, 2.05) is 30.5 Å². The van der Waals surface area contributed by atoms with Gasteiger partial charge in [-0.25, -0.2) is 4.98 Å². The van der Waals surface area contributed by atoms with Crippen molar-refractivity contribution in [3.05, 3.63) is 59.4 Å². The third-order valence-corrected chi connectivity index (χ3v) is 4.43. The molecule has 1 amide bonds. The molecule has 6 nitrogen and oxygen atoms in total. The molecule has 0 saturated carbocycles. The largest absolute Gasteiger partial charge is 0.351 e. The second-order valence-corrected chi connectivity index (χ2v) is 6.71. The lowest BCUT2D eigenvalue weighted by atomic mass is 10.1. The number of rotatable bonds is 8. The Kier molecular flexibility index (Phi) is 6.44. The van der Waals surface area contributed by atoms with Crippen molar-refractivity contribution >= 4 is 16.9 Å². The van der Waals surface area contributed by atoms with E-state index >= 15 is 0 Å². The Morgan fingerprint density at radius 1 is 1.07 bits per heavy atom. The number of nitrogens with one attached hydrogen (secondary N) is 1. The fourth-order valence-corrected chi connectivity index (χ4v) is 3.27. The number of imidazole rings is 1. The molecule has 1 heterocycles. The summed E-state index contributed by atoms with van der Waals surface area (Å²) >= 11 is 0. The molecule has 0 aliphatic carbocycles. The smallest absolute Gasteiger partial charge is 0.251 e. The minimum absolute atomic E-state index is 0.174. The van der Waals surface area contributed by atoms with Gasteiger partial charge in [-0.1, -0.05) is 6.07 Å². The van der Waals surface area contributed by atoms with E-state index in [4.69, 9.17) is 9.47 Å². The van der Waals surface area contributed by atoms with Gasteiger partial charge in [0, 0.05) is 24.5 Å². The lowest BCUT2D eigenvalue weighted by molar-refractivity contribution is -0.131. The summed E-state index contributed by atoms with van der Waals surface area (Å²) in [5.74, 6) is -0.174. The van der Waals surface area contributed by atoms with Crippen LogP contribution in [0, 0.1) is 13.8 Å². The second-order valence-electron chi connectivity index (χ2n) is 6.71. The van der Waals surface area contributed by atoms with Crippen molar-refractivity contribution in [3.8, 4) is 5.69 Å². The van der Waals surface area contributed by atoms with Gasteiger partial charge in [0.15, 0.2) is 6.29 Å². The Hall–Kier alpha value is -2.70. The number of nitrogens with zero attached hydrogens (tertiary/aromatic N) is 2. The fourth-order valence-electron chi connectivity index (χ4n) is 3.27.